The first-order chi connectivity index (χ1) is 9.08. The lowest BCUT2D eigenvalue weighted by atomic mass is 10.1. The first-order valence-electron chi connectivity index (χ1n) is 6.33. The number of hydrogen-bond donors (Lipinski definition) is 1. The van der Waals surface area contributed by atoms with E-state index < -0.39 is 0 Å². The lowest BCUT2D eigenvalue weighted by Gasteiger charge is -2.20. The number of benzene rings is 1. The van der Waals surface area contributed by atoms with E-state index in [-0.39, 0.29) is 12.5 Å². The van der Waals surface area contributed by atoms with Gasteiger partial charge in [-0.1, -0.05) is 18.2 Å². The highest BCUT2D eigenvalue weighted by Gasteiger charge is 2.09. The first-order valence-corrected chi connectivity index (χ1v) is 6.33. The molecule has 1 aromatic rings. The van der Waals surface area contributed by atoms with Gasteiger partial charge in [0, 0.05) is 39.3 Å². The molecule has 4 nitrogen and oxygen atoms in total. The van der Waals surface area contributed by atoms with Crippen molar-refractivity contribution in [1.29, 1.82) is 0 Å². The van der Waals surface area contributed by atoms with Crippen molar-refractivity contribution in [3.8, 4) is 0 Å². The maximum atomic E-state index is 11.9. The van der Waals surface area contributed by atoms with Crippen LogP contribution in [0.2, 0.25) is 0 Å². The molecule has 0 aliphatic heterocycles. The molecule has 0 aromatic heterocycles. The van der Waals surface area contributed by atoms with Crippen LogP contribution in [0.25, 0.3) is 0 Å². The van der Waals surface area contributed by atoms with Crippen LogP contribution < -0.4 is 0 Å². The standard InChI is InChI=1S/C15H22N2O2/c1-4-8-17(9-10-18)12-13-6-5-7-14(11-13)15(19)16(2)3/h4-7,11,18H,1,8-10,12H2,2-3H3. The van der Waals surface area contributed by atoms with E-state index in [1.54, 1.807) is 19.0 Å². The summed E-state index contributed by atoms with van der Waals surface area (Å²) in [6, 6.07) is 7.59. The SMILES string of the molecule is C=CCN(CCO)Cc1cccc(C(=O)N(C)C)c1. The minimum absolute atomic E-state index is 0.000668. The van der Waals surface area contributed by atoms with Gasteiger partial charge >= 0.3 is 0 Å². The number of rotatable bonds is 7. The van der Waals surface area contributed by atoms with Crippen molar-refractivity contribution in [1.82, 2.24) is 9.80 Å². The Morgan fingerprint density at radius 3 is 2.74 bits per heavy atom. The van der Waals surface area contributed by atoms with Crippen molar-refractivity contribution in [3.05, 3.63) is 48.0 Å². The van der Waals surface area contributed by atoms with Gasteiger partial charge in [-0.2, -0.15) is 0 Å². The summed E-state index contributed by atoms with van der Waals surface area (Å²) in [4.78, 5) is 15.5. The van der Waals surface area contributed by atoms with Gasteiger partial charge in [-0.25, -0.2) is 0 Å². The molecule has 1 aromatic carbocycles. The lowest BCUT2D eigenvalue weighted by molar-refractivity contribution is 0.0827. The molecule has 0 saturated carbocycles. The largest absolute Gasteiger partial charge is 0.395 e. The number of aliphatic hydroxyl groups is 1. The van der Waals surface area contributed by atoms with E-state index in [9.17, 15) is 4.79 Å². The molecule has 0 aliphatic rings. The second kappa shape index (κ2) is 7.71. The van der Waals surface area contributed by atoms with Crippen molar-refractivity contribution < 1.29 is 9.90 Å². The Balaban J connectivity index is 2.80. The minimum atomic E-state index is -0.000668. The summed E-state index contributed by atoms with van der Waals surface area (Å²) < 4.78 is 0. The molecule has 0 fully saturated rings. The molecular formula is C15H22N2O2. The molecule has 1 N–H and O–H groups in total. The molecule has 0 radical (unpaired) electrons. The fourth-order valence-corrected chi connectivity index (χ4v) is 1.88. The van der Waals surface area contributed by atoms with E-state index in [1.807, 2.05) is 30.3 Å². The van der Waals surface area contributed by atoms with E-state index in [4.69, 9.17) is 5.11 Å². The number of nitrogens with zero attached hydrogens (tertiary/aromatic N) is 2. The van der Waals surface area contributed by atoms with Crippen LogP contribution in [0.3, 0.4) is 0 Å². The van der Waals surface area contributed by atoms with Gasteiger partial charge in [0.15, 0.2) is 0 Å². The zero-order valence-electron chi connectivity index (χ0n) is 11.7. The van der Waals surface area contributed by atoms with Gasteiger partial charge in [0.25, 0.3) is 5.91 Å². The van der Waals surface area contributed by atoms with Crippen molar-refractivity contribution >= 4 is 5.91 Å². The summed E-state index contributed by atoms with van der Waals surface area (Å²) in [6.45, 7) is 5.83. The Bertz CT molecular complexity index is 430. The van der Waals surface area contributed by atoms with Crippen LogP contribution in [-0.2, 0) is 6.54 Å². The second-order valence-corrected chi connectivity index (χ2v) is 4.65. The fraction of sp³-hybridized carbons (Fsp3) is 0.400. The number of carbonyl (C=O) groups excluding carboxylic acids is 1. The Labute approximate surface area is 115 Å². The third kappa shape index (κ3) is 4.85. The Morgan fingerprint density at radius 2 is 2.16 bits per heavy atom. The van der Waals surface area contributed by atoms with Crippen LogP contribution in [0.5, 0.6) is 0 Å². The summed E-state index contributed by atoms with van der Waals surface area (Å²) in [6.07, 6.45) is 1.81. The summed E-state index contributed by atoms with van der Waals surface area (Å²) in [5.74, 6) is -0.000668. The summed E-state index contributed by atoms with van der Waals surface area (Å²) >= 11 is 0. The zero-order valence-corrected chi connectivity index (χ0v) is 11.7. The number of hydrogen-bond acceptors (Lipinski definition) is 3. The zero-order chi connectivity index (χ0) is 14.3. The van der Waals surface area contributed by atoms with Crippen molar-refractivity contribution in [2.75, 3.05) is 33.8 Å². The predicted octanol–water partition coefficient (Wildman–Crippen LogP) is 1.37. The van der Waals surface area contributed by atoms with Gasteiger partial charge in [-0.05, 0) is 17.7 Å². The topological polar surface area (TPSA) is 43.8 Å². The van der Waals surface area contributed by atoms with Crippen LogP contribution in [0.4, 0.5) is 0 Å². The third-order valence-electron chi connectivity index (χ3n) is 2.79. The minimum Gasteiger partial charge on any atom is -0.395 e. The molecule has 0 bridgehead atoms. The van der Waals surface area contributed by atoms with E-state index in [0.717, 1.165) is 5.56 Å². The molecule has 0 spiro atoms. The van der Waals surface area contributed by atoms with Crippen LogP contribution in [0, 0.1) is 0 Å². The normalized spacial score (nSPS) is 10.5. The van der Waals surface area contributed by atoms with Crippen LogP contribution in [-0.4, -0.2) is 54.6 Å². The molecule has 19 heavy (non-hydrogen) atoms. The predicted molar refractivity (Wildman–Crippen MR) is 77.0 cm³/mol. The average Bonchev–Trinajstić information content (AvgIpc) is 2.38. The van der Waals surface area contributed by atoms with Gasteiger partial charge in [0.2, 0.25) is 0 Å². The molecule has 0 saturated heterocycles. The Kier molecular flexibility index (Phi) is 6.25. The summed E-state index contributed by atoms with van der Waals surface area (Å²) in [7, 11) is 3.48. The van der Waals surface area contributed by atoms with E-state index >= 15 is 0 Å². The quantitative estimate of drug-likeness (QED) is 0.755. The summed E-state index contributed by atoms with van der Waals surface area (Å²) in [5, 5.41) is 9.02. The maximum Gasteiger partial charge on any atom is 0.253 e. The van der Waals surface area contributed by atoms with Gasteiger partial charge in [0.05, 0.1) is 6.61 Å². The molecule has 1 amide bonds. The lowest BCUT2D eigenvalue weighted by Crippen LogP contribution is -2.27. The van der Waals surface area contributed by atoms with Gasteiger partial charge < -0.3 is 10.0 Å². The maximum absolute atomic E-state index is 11.9. The van der Waals surface area contributed by atoms with Gasteiger partial charge in [-0.3, -0.25) is 9.69 Å². The number of carbonyl (C=O) groups is 1. The molecule has 0 heterocycles. The average molecular weight is 262 g/mol. The van der Waals surface area contributed by atoms with E-state index in [1.165, 1.54) is 0 Å². The molecule has 0 unspecified atom stereocenters. The smallest absolute Gasteiger partial charge is 0.253 e. The van der Waals surface area contributed by atoms with E-state index in [2.05, 4.69) is 11.5 Å². The molecule has 104 valence electrons. The fourth-order valence-electron chi connectivity index (χ4n) is 1.88. The number of aliphatic hydroxyl groups excluding tert-OH is 1. The van der Waals surface area contributed by atoms with E-state index in [0.29, 0.717) is 25.2 Å². The van der Waals surface area contributed by atoms with Crippen LogP contribution in [0.1, 0.15) is 15.9 Å². The summed E-state index contributed by atoms with van der Waals surface area (Å²) in [5.41, 5.74) is 1.74. The Hall–Kier alpha value is -1.65. The highest BCUT2D eigenvalue weighted by molar-refractivity contribution is 5.94. The second-order valence-electron chi connectivity index (χ2n) is 4.65. The Morgan fingerprint density at radius 1 is 1.42 bits per heavy atom. The highest BCUT2D eigenvalue weighted by Crippen LogP contribution is 2.10. The van der Waals surface area contributed by atoms with Gasteiger partial charge in [-0.15, -0.1) is 6.58 Å². The van der Waals surface area contributed by atoms with Gasteiger partial charge in [0.1, 0.15) is 0 Å². The van der Waals surface area contributed by atoms with Crippen molar-refractivity contribution in [2.45, 2.75) is 6.54 Å². The highest BCUT2D eigenvalue weighted by atomic mass is 16.3. The molecular weight excluding hydrogens is 240 g/mol. The molecule has 4 heteroatoms. The first kappa shape index (κ1) is 15.4. The van der Waals surface area contributed by atoms with Crippen molar-refractivity contribution in [2.24, 2.45) is 0 Å². The molecule has 1 rings (SSSR count). The van der Waals surface area contributed by atoms with Crippen LogP contribution >= 0.6 is 0 Å². The molecule has 0 atom stereocenters. The molecule has 0 aliphatic carbocycles. The number of amides is 1. The van der Waals surface area contributed by atoms with Crippen molar-refractivity contribution in [3.63, 3.8) is 0 Å². The third-order valence-corrected chi connectivity index (χ3v) is 2.79. The van der Waals surface area contributed by atoms with Crippen LogP contribution in [0.15, 0.2) is 36.9 Å². The monoisotopic (exact) mass is 262 g/mol.